The molecule has 1 aromatic rings. The van der Waals surface area contributed by atoms with Crippen LogP contribution in [0.4, 0.5) is 0 Å². The average Bonchev–Trinajstić information content (AvgIpc) is 2.58. The SMILES string of the molecule is Cc1ccc(C(N)CN2CC(C)CC2C)cc1. The third-order valence-electron chi connectivity index (χ3n) is 3.85. The van der Waals surface area contributed by atoms with Crippen LogP contribution in [0.5, 0.6) is 0 Å². The summed E-state index contributed by atoms with van der Waals surface area (Å²) in [6, 6.07) is 9.43. The Morgan fingerprint density at radius 1 is 1.29 bits per heavy atom. The van der Waals surface area contributed by atoms with E-state index in [2.05, 4.69) is 49.9 Å². The van der Waals surface area contributed by atoms with Crippen molar-refractivity contribution in [2.45, 2.75) is 39.3 Å². The van der Waals surface area contributed by atoms with Gasteiger partial charge in [-0.2, -0.15) is 0 Å². The first kappa shape index (κ1) is 12.6. The van der Waals surface area contributed by atoms with Crippen LogP contribution in [0.2, 0.25) is 0 Å². The fraction of sp³-hybridized carbons (Fsp3) is 0.600. The molecule has 2 rings (SSSR count). The Balaban J connectivity index is 1.97. The third kappa shape index (κ3) is 3.08. The first-order valence-corrected chi connectivity index (χ1v) is 6.62. The van der Waals surface area contributed by atoms with Gasteiger partial charge in [-0.15, -0.1) is 0 Å². The lowest BCUT2D eigenvalue weighted by atomic mass is 10.1. The van der Waals surface area contributed by atoms with Gasteiger partial charge in [-0.3, -0.25) is 4.90 Å². The maximum Gasteiger partial charge on any atom is 0.0424 e. The summed E-state index contributed by atoms with van der Waals surface area (Å²) < 4.78 is 0. The average molecular weight is 232 g/mol. The van der Waals surface area contributed by atoms with E-state index in [9.17, 15) is 0 Å². The zero-order valence-electron chi connectivity index (χ0n) is 11.2. The van der Waals surface area contributed by atoms with Crippen molar-refractivity contribution in [1.29, 1.82) is 0 Å². The standard InChI is InChI=1S/C15H24N2/c1-11-4-6-14(7-5-11)15(16)10-17-9-12(2)8-13(17)3/h4-7,12-13,15H,8-10,16H2,1-3H3. The molecular weight excluding hydrogens is 208 g/mol. The molecule has 0 bridgehead atoms. The highest BCUT2D eigenvalue weighted by atomic mass is 15.2. The fourth-order valence-corrected chi connectivity index (χ4v) is 2.81. The summed E-state index contributed by atoms with van der Waals surface area (Å²) in [6.07, 6.45) is 1.31. The van der Waals surface area contributed by atoms with Gasteiger partial charge >= 0.3 is 0 Å². The summed E-state index contributed by atoms with van der Waals surface area (Å²) >= 11 is 0. The van der Waals surface area contributed by atoms with Gasteiger partial charge in [-0.25, -0.2) is 0 Å². The van der Waals surface area contributed by atoms with E-state index in [4.69, 9.17) is 5.73 Å². The second-order valence-corrected chi connectivity index (χ2v) is 5.66. The first-order valence-electron chi connectivity index (χ1n) is 6.62. The maximum absolute atomic E-state index is 6.29. The quantitative estimate of drug-likeness (QED) is 0.868. The van der Waals surface area contributed by atoms with E-state index >= 15 is 0 Å². The van der Waals surface area contributed by atoms with Crippen LogP contribution in [0.25, 0.3) is 0 Å². The molecule has 0 amide bonds. The number of aryl methyl sites for hydroxylation is 1. The molecule has 0 aliphatic carbocycles. The van der Waals surface area contributed by atoms with Gasteiger partial charge in [-0.1, -0.05) is 36.8 Å². The Kier molecular flexibility index (Phi) is 3.85. The number of rotatable bonds is 3. The summed E-state index contributed by atoms with van der Waals surface area (Å²) in [5, 5.41) is 0. The highest BCUT2D eigenvalue weighted by Crippen LogP contribution is 2.24. The van der Waals surface area contributed by atoms with E-state index < -0.39 is 0 Å². The molecule has 1 fully saturated rings. The maximum atomic E-state index is 6.29. The van der Waals surface area contributed by atoms with Gasteiger partial charge in [0, 0.05) is 25.2 Å². The van der Waals surface area contributed by atoms with Crippen molar-refractivity contribution < 1.29 is 0 Å². The molecule has 0 aromatic heterocycles. The molecule has 17 heavy (non-hydrogen) atoms. The molecule has 1 aliphatic heterocycles. The highest BCUT2D eigenvalue weighted by Gasteiger charge is 2.27. The predicted molar refractivity (Wildman–Crippen MR) is 72.9 cm³/mol. The van der Waals surface area contributed by atoms with Crippen LogP contribution < -0.4 is 5.73 Å². The minimum Gasteiger partial charge on any atom is -0.323 e. The molecule has 3 atom stereocenters. The minimum atomic E-state index is 0.142. The molecule has 0 saturated carbocycles. The Morgan fingerprint density at radius 3 is 2.47 bits per heavy atom. The van der Waals surface area contributed by atoms with Gasteiger partial charge in [0.1, 0.15) is 0 Å². The van der Waals surface area contributed by atoms with Gasteiger partial charge in [0.25, 0.3) is 0 Å². The number of nitrogens with zero attached hydrogens (tertiary/aromatic N) is 1. The second kappa shape index (κ2) is 5.19. The predicted octanol–water partition coefficient (Wildman–Crippen LogP) is 2.73. The van der Waals surface area contributed by atoms with Crippen LogP contribution in [0, 0.1) is 12.8 Å². The van der Waals surface area contributed by atoms with Crippen LogP contribution >= 0.6 is 0 Å². The summed E-state index contributed by atoms with van der Waals surface area (Å²) in [5.41, 5.74) is 8.84. The topological polar surface area (TPSA) is 29.3 Å². The van der Waals surface area contributed by atoms with E-state index in [1.807, 2.05) is 0 Å². The lowest BCUT2D eigenvalue weighted by molar-refractivity contribution is 0.249. The molecule has 2 nitrogen and oxygen atoms in total. The van der Waals surface area contributed by atoms with Crippen LogP contribution in [-0.2, 0) is 0 Å². The number of nitrogens with two attached hydrogens (primary N) is 1. The molecular formula is C15H24N2. The number of hydrogen-bond acceptors (Lipinski definition) is 2. The monoisotopic (exact) mass is 232 g/mol. The van der Waals surface area contributed by atoms with Gasteiger partial charge in [0.05, 0.1) is 0 Å². The Hall–Kier alpha value is -0.860. The van der Waals surface area contributed by atoms with Crippen LogP contribution in [0.15, 0.2) is 24.3 Å². The smallest absolute Gasteiger partial charge is 0.0424 e. The van der Waals surface area contributed by atoms with Crippen molar-refractivity contribution in [2.24, 2.45) is 11.7 Å². The molecule has 0 spiro atoms. The van der Waals surface area contributed by atoms with Crippen molar-refractivity contribution >= 4 is 0 Å². The van der Waals surface area contributed by atoms with E-state index in [1.165, 1.54) is 24.1 Å². The molecule has 1 aliphatic rings. The molecule has 2 heteroatoms. The molecule has 3 unspecified atom stereocenters. The second-order valence-electron chi connectivity index (χ2n) is 5.66. The number of likely N-dealkylation sites (tertiary alicyclic amines) is 1. The van der Waals surface area contributed by atoms with Gasteiger partial charge in [-0.05, 0) is 31.7 Å². The highest BCUT2D eigenvalue weighted by molar-refractivity contribution is 5.24. The summed E-state index contributed by atoms with van der Waals surface area (Å²) in [6.45, 7) is 8.92. The molecule has 1 heterocycles. The lowest BCUT2D eigenvalue weighted by Crippen LogP contribution is -2.34. The first-order chi connectivity index (χ1) is 8.06. The van der Waals surface area contributed by atoms with Gasteiger partial charge < -0.3 is 5.73 Å². The van der Waals surface area contributed by atoms with E-state index in [0.717, 1.165) is 12.5 Å². The fourth-order valence-electron chi connectivity index (χ4n) is 2.81. The van der Waals surface area contributed by atoms with E-state index in [1.54, 1.807) is 0 Å². The van der Waals surface area contributed by atoms with Crippen molar-refractivity contribution in [3.8, 4) is 0 Å². The van der Waals surface area contributed by atoms with Crippen LogP contribution in [0.3, 0.4) is 0 Å². The third-order valence-corrected chi connectivity index (χ3v) is 3.85. The molecule has 0 radical (unpaired) electrons. The minimum absolute atomic E-state index is 0.142. The summed E-state index contributed by atoms with van der Waals surface area (Å²) in [5.74, 6) is 0.815. The van der Waals surface area contributed by atoms with Crippen molar-refractivity contribution in [2.75, 3.05) is 13.1 Å². The molecule has 2 N–H and O–H groups in total. The van der Waals surface area contributed by atoms with Crippen molar-refractivity contribution in [3.05, 3.63) is 35.4 Å². The van der Waals surface area contributed by atoms with E-state index in [-0.39, 0.29) is 6.04 Å². The van der Waals surface area contributed by atoms with Gasteiger partial charge in [0.2, 0.25) is 0 Å². The van der Waals surface area contributed by atoms with Crippen LogP contribution in [0.1, 0.15) is 37.4 Å². The molecule has 1 saturated heterocycles. The van der Waals surface area contributed by atoms with Crippen molar-refractivity contribution in [1.82, 2.24) is 4.90 Å². The summed E-state index contributed by atoms with van der Waals surface area (Å²) in [4.78, 5) is 2.52. The lowest BCUT2D eigenvalue weighted by Gasteiger charge is -2.25. The molecule has 94 valence electrons. The number of hydrogen-bond donors (Lipinski definition) is 1. The molecule has 1 aromatic carbocycles. The largest absolute Gasteiger partial charge is 0.323 e. The normalized spacial score (nSPS) is 27.3. The van der Waals surface area contributed by atoms with Crippen LogP contribution in [-0.4, -0.2) is 24.0 Å². The zero-order chi connectivity index (χ0) is 12.4. The number of benzene rings is 1. The Morgan fingerprint density at radius 2 is 1.94 bits per heavy atom. The summed E-state index contributed by atoms with van der Waals surface area (Å²) in [7, 11) is 0. The van der Waals surface area contributed by atoms with Gasteiger partial charge in [0.15, 0.2) is 0 Å². The van der Waals surface area contributed by atoms with Crippen molar-refractivity contribution in [3.63, 3.8) is 0 Å². The Labute approximate surface area is 105 Å². The zero-order valence-corrected chi connectivity index (χ0v) is 11.2. The Bertz CT molecular complexity index is 358. The van der Waals surface area contributed by atoms with E-state index in [0.29, 0.717) is 6.04 Å².